The first-order chi connectivity index (χ1) is 11.3. The van der Waals surface area contributed by atoms with Crippen LogP contribution in [-0.4, -0.2) is 31.3 Å². The molecule has 23 heavy (non-hydrogen) atoms. The highest BCUT2D eigenvalue weighted by Gasteiger charge is 2.29. The largest absolute Gasteiger partial charge is 0.463 e. The molecule has 0 unspecified atom stereocenters. The fraction of sp³-hybridized carbons (Fsp3) is 0.474. The van der Waals surface area contributed by atoms with Gasteiger partial charge in [-0.15, -0.1) is 0 Å². The minimum atomic E-state index is -0.412. The molecule has 3 rings (SSSR count). The molecule has 1 aliphatic heterocycles. The first-order valence-electron chi connectivity index (χ1n) is 8.77. The third-order valence-electron chi connectivity index (χ3n) is 4.85. The number of aliphatic hydroxyl groups excluding tert-OH is 1. The number of rotatable bonds is 7. The van der Waals surface area contributed by atoms with Gasteiger partial charge in [0.05, 0.1) is 19.4 Å². The fourth-order valence-corrected chi connectivity index (χ4v) is 3.56. The maximum Gasteiger partial charge on any atom is 0.195 e. The van der Waals surface area contributed by atoms with Gasteiger partial charge in [0.15, 0.2) is 11.8 Å². The Bertz CT molecular complexity index is 550. The molecule has 1 aromatic carbocycles. The summed E-state index contributed by atoms with van der Waals surface area (Å²) >= 11 is 0. The molecule has 1 aliphatic rings. The van der Waals surface area contributed by atoms with Crippen molar-refractivity contribution in [2.24, 2.45) is 0 Å². The van der Waals surface area contributed by atoms with E-state index in [0.717, 1.165) is 17.9 Å². The Morgan fingerprint density at radius 2 is 1.78 bits per heavy atom. The van der Waals surface area contributed by atoms with Crippen LogP contribution < -0.4 is 10.2 Å². The number of nitrogens with two attached hydrogens (primary N) is 1. The summed E-state index contributed by atoms with van der Waals surface area (Å²) in [6.07, 6.45) is 5.32. The van der Waals surface area contributed by atoms with Gasteiger partial charge in [0.2, 0.25) is 0 Å². The van der Waals surface area contributed by atoms with E-state index in [0.29, 0.717) is 12.6 Å². The van der Waals surface area contributed by atoms with E-state index in [1.54, 1.807) is 11.2 Å². The number of hydrogen-bond acceptors (Lipinski definition) is 2. The third-order valence-corrected chi connectivity index (χ3v) is 4.85. The predicted molar refractivity (Wildman–Crippen MR) is 89.1 cm³/mol. The molecule has 2 heterocycles. The van der Waals surface area contributed by atoms with Crippen molar-refractivity contribution in [2.45, 2.75) is 31.4 Å². The van der Waals surface area contributed by atoms with Crippen LogP contribution in [0.15, 0.2) is 53.1 Å². The van der Waals surface area contributed by atoms with Crippen LogP contribution >= 0.6 is 0 Å². The highest BCUT2D eigenvalue weighted by molar-refractivity contribution is 5.17. The van der Waals surface area contributed by atoms with Gasteiger partial charge in [0, 0.05) is 0 Å². The maximum atomic E-state index is 10.3. The van der Waals surface area contributed by atoms with Gasteiger partial charge in [0.25, 0.3) is 0 Å². The zero-order valence-corrected chi connectivity index (χ0v) is 13.7. The Hall–Kier alpha value is -1.62. The molecule has 0 aliphatic carbocycles. The second kappa shape index (κ2) is 8.29. The van der Waals surface area contributed by atoms with Gasteiger partial charge in [0.1, 0.15) is 19.2 Å². The summed E-state index contributed by atoms with van der Waals surface area (Å²) in [7, 11) is 0. The molecule has 4 nitrogen and oxygen atoms in total. The normalized spacial score (nSPS) is 18.7. The van der Waals surface area contributed by atoms with Crippen molar-refractivity contribution in [3.8, 4) is 0 Å². The minimum Gasteiger partial charge on any atom is -0.463 e. The Kier molecular flexibility index (Phi) is 5.86. The summed E-state index contributed by atoms with van der Waals surface area (Å²) in [6.45, 7) is 4.09. The first kappa shape index (κ1) is 16.2. The quantitative estimate of drug-likeness (QED) is 0.704. The Balaban J connectivity index is 1.56. The first-order valence-corrected chi connectivity index (χ1v) is 8.77. The standard InChI is InChI=1S/C19H26N2O2/c22-18(16-8-3-1-4-9-16)15-20-14-17(19-10-7-13-23-19)21-11-5-2-6-12-21/h1,3-4,7-10,13,17-18,20,22H,2,5-6,11-12,14-15H2/p+2/t17-,18+/m0/s1. The van der Waals surface area contributed by atoms with Crippen LogP contribution in [0.2, 0.25) is 0 Å². The zero-order chi connectivity index (χ0) is 15.9. The zero-order valence-electron chi connectivity index (χ0n) is 13.7. The summed E-state index contributed by atoms with van der Waals surface area (Å²) in [4.78, 5) is 1.62. The predicted octanol–water partition coefficient (Wildman–Crippen LogP) is 0.687. The van der Waals surface area contributed by atoms with Crippen molar-refractivity contribution >= 4 is 0 Å². The van der Waals surface area contributed by atoms with Crippen molar-refractivity contribution in [1.29, 1.82) is 0 Å². The van der Waals surface area contributed by atoms with E-state index in [4.69, 9.17) is 4.42 Å². The molecule has 2 aromatic rings. The van der Waals surface area contributed by atoms with Crippen LogP contribution in [0.25, 0.3) is 0 Å². The summed E-state index contributed by atoms with van der Waals surface area (Å²) in [5.41, 5.74) is 0.989. The number of hydrogen-bond donors (Lipinski definition) is 3. The number of nitrogens with one attached hydrogen (secondary N) is 1. The lowest BCUT2D eigenvalue weighted by Crippen LogP contribution is -3.15. The van der Waals surface area contributed by atoms with Crippen LogP contribution in [0, 0.1) is 0 Å². The SMILES string of the molecule is O[C@H](C[NH2+]C[C@@H](c1ccco1)[NH+]1CCCCC1)c1ccccc1. The Morgan fingerprint density at radius 3 is 2.48 bits per heavy atom. The highest BCUT2D eigenvalue weighted by atomic mass is 16.3. The van der Waals surface area contributed by atoms with Gasteiger partial charge < -0.3 is 19.7 Å². The Labute approximate surface area is 138 Å². The lowest BCUT2D eigenvalue weighted by molar-refractivity contribution is -0.950. The number of benzene rings is 1. The number of quaternary nitrogens is 2. The van der Waals surface area contributed by atoms with Gasteiger partial charge in [-0.1, -0.05) is 30.3 Å². The summed E-state index contributed by atoms with van der Waals surface area (Å²) in [6, 6.07) is 14.3. The minimum absolute atomic E-state index is 0.383. The van der Waals surface area contributed by atoms with E-state index >= 15 is 0 Å². The van der Waals surface area contributed by atoms with E-state index in [9.17, 15) is 5.11 Å². The summed E-state index contributed by atoms with van der Waals surface area (Å²) in [5, 5.41) is 12.5. The molecule has 0 radical (unpaired) electrons. The van der Waals surface area contributed by atoms with E-state index in [-0.39, 0.29) is 0 Å². The molecular formula is C19H28N2O2+2. The highest BCUT2D eigenvalue weighted by Crippen LogP contribution is 2.11. The van der Waals surface area contributed by atoms with Gasteiger partial charge in [-0.05, 0) is 37.0 Å². The van der Waals surface area contributed by atoms with Gasteiger partial charge in [-0.25, -0.2) is 0 Å². The van der Waals surface area contributed by atoms with E-state index in [2.05, 4.69) is 11.4 Å². The van der Waals surface area contributed by atoms with Crippen molar-refractivity contribution in [3.63, 3.8) is 0 Å². The number of piperidine rings is 1. The maximum absolute atomic E-state index is 10.3. The van der Waals surface area contributed by atoms with Crippen LogP contribution in [0.1, 0.15) is 42.7 Å². The van der Waals surface area contributed by atoms with Gasteiger partial charge >= 0.3 is 0 Å². The van der Waals surface area contributed by atoms with Gasteiger partial charge in [-0.3, -0.25) is 0 Å². The summed E-state index contributed by atoms with van der Waals surface area (Å²) in [5.74, 6) is 1.08. The number of aliphatic hydroxyl groups is 1. The molecule has 2 atom stereocenters. The molecule has 1 saturated heterocycles. The lowest BCUT2D eigenvalue weighted by atomic mass is 10.1. The second-order valence-electron chi connectivity index (χ2n) is 6.47. The lowest BCUT2D eigenvalue weighted by Gasteiger charge is -2.29. The summed E-state index contributed by atoms with van der Waals surface area (Å²) < 4.78 is 5.69. The van der Waals surface area contributed by atoms with E-state index in [1.165, 1.54) is 32.4 Å². The van der Waals surface area contributed by atoms with Crippen LogP contribution in [0.3, 0.4) is 0 Å². The molecule has 0 bridgehead atoms. The van der Waals surface area contributed by atoms with Crippen LogP contribution in [-0.2, 0) is 0 Å². The van der Waals surface area contributed by atoms with E-state index < -0.39 is 6.10 Å². The molecule has 124 valence electrons. The topological polar surface area (TPSA) is 54.4 Å². The monoisotopic (exact) mass is 316 g/mol. The van der Waals surface area contributed by atoms with Crippen LogP contribution in [0.5, 0.6) is 0 Å². The molecule has 4 heteroatoms. The van der Waals surface area contributed by atoms with Crippen molar-refractivity contribution < 1.29 is 19.7 Å². The average Bonchev–Trinajstić information content (AvgIpc) is 3.14. The number of furan rings is 1. The smallest absolute Gasteiger partial charge is 0.195 e. The molecule has 0 spiro atoms. The molecule has 4 N–H and O–H groups in total. The number of likely N-dealkylation sites (tertiary alicyclic amines) is 1. The third kappa shape index (κ3) is 4.44. The van der Waals surface area contributed by atoms with Gasteiger partial charge in [-0.2, -0.15) is 0 Å². The second-order valence-corrected chi connectivity index (χ2v) is 6.47. The molecular weight excluding hydrogens is 288 g/mol. The van der Waals surface area contributed by atoms with Crippen molar-refractivity contribution in [1.82, 2.24) is 0 Å². The molecule has 0 saturated carbocycles. The van der Waals surface area contributed by atoms with E-state index in [1.807, 2.05) is 36.4 Å². The fourth-order valence-electron chi connectivity index (χ4n) is 3.56. The molecule has 1 aromatic heterocycles. The molecule has 1 fully saturated rings. The molecule has 0 amide bonds. The van der Waals surface area contributed by atoms with Crippen molar-refractivity contribution in [3.05, 3.63) is 60.1 Å². The van der Waals surface area contributed by atoms with Crippen molar-refractivity contribution in [2.75, 3.05) is 26.2 Å². The Morgan fingerprint density at radius 1 is 1.00 bits per heavy atom. The average molecular weight is 316 g/mol. The van der Waals surface area contributed by atoms with Crippen LogP contribution in [0.4, 0.5) is 0 Å².